The molecule has 0 N–H and O–H groups in total. The molecule has 1 heterocycles. The van der Waals surface area contributed by atoms with Crippen LogP contribution in [0.25, 0.3) is 0 Å². The van der Waals surface area contributed by atoms with Crippen molar-refractivity contribution in [3.63, 3.8) is 0 Å². The van der Waals surface area contributed by atoms with Crippen LogP contribution in [-0.2, 0) is 75.6 Å². The minimum absolute atomic E-state index is 0. The molecule has 10 heteroatoms. The zero-order chi connectivity index (χ0) is 20.7. The van der Waals surface area contributed by atoms with Crippen molar-refractivity contribution in [1.82, 2.24) is 0 Å². The maximum atomic E-state index is 12.0. The molecule has 157 valence electrons. The van der Waals surface area contributed by atoms with Gasteiger partial charge in [0.15, 0.2) is 12.1 Å². The fraction of sp³-hybridized carbons (Fsp3) is 0.722. The summed E-state index contributed by atoms with van der Waals surface area (Å²) in [5.74, 6) is -2.83. The average Bonchev–Trinajstić information content (AvgIpc) is 2.58. The van der Waals surface area contributed by atoms with Crippen molar-refractivity contribution in [2.45, 2.75) is 71.9 Å². The zero-order valence-corrected chi connectivity index (χ0v) is 19.9. The van der Waals surface area contributed by atoms with Gasteiger partial charge in [0.25, 0.3) is 0 Å². The van der Waals surface area contributed by atoms with E-state index < -0.39 is 54.2 Å². The van der Waals surface area contributed by atoms with Gasteiger partial charge in [0, 0.05) is 59.4 Å². The van der Waals surface area contributed by atoms with Crippen LogP contribution in [0, 0.1) is 12.0 Å². The van der Waals surface area contributed by atoms with Crippen molar-refractivity contribution < 1.29 is 75.6 Å². The fourth-order valence-electron chi connectivity index (χ4n) is 3.02. The molecule has 0 bridgehead atoms. The van der Waals surface area contributed by atoms with Gasteiger partial charge < -0.3 is 23.7 Å². The molecule has 5 atom stereocenters. The fourth-order valence-corrected chi connectivity index (χ4v) is 3.02. The van der Waals surface area contributed by atoms with Crippen LogP contribution < -0.4 is 0 Å². The molecule has 1 unspecified atom stereocenters. The van der Waals surface area contributed by atoms with E-state index >= 15 is 0 Å². The first-order valence-electron chi connectivity index (χ1n) is 8.73. The largest absolute Gasteiger partial charge is 0.514 e. The van der Waals surface area contributed by atoms with Crippen LogP contribution in [0.4, 0.5) is 0 Å². The minimum atomic E-state index is -0.996. The Balaban J connectivity index is 0.00000729. The Morgan fingerprint density at radius 3 is 2.07 bits per heavy atom. The van der Waals surface area contributed by atoms with Gasteiger partial charge in [0.05, 0.1) is 19.3 Å². The van der Waals surface area contributed by atoms with E-state index in [-0.39, 0.29) is 45.2 Å². The number of carbonyl (C=O) groups excluding carboxylic acids is 4. The smallest absolute Gasteiger partial charge is 0.303 e. The maximum Gasteiger partial charge on any atom is 0.303 e. The van der Waals surface area contributed by atoms with Gasteiger partial charge in [0.1, 0.15) is 6.10 Å². The molecule has 1 aliphatic heterocycles. The van der Waals surface area contributed by atoms with Crippen molar-refractivity contribution in [2.24, 2.45) is 5.92 Å². The molecule has 1 saturated heterocycles. The van der Waals surface area contributed by atoms with Crippen molar-refractivity contribution >= 4 is 23.9 Å². The summed E-state index contributed by atoms with van der Waals surface area (Å²) in [4.78, 5) is 46.5. The second kappa shape index (κ2) is 12.4. The molecule has 0 aromatic heterocycles. The first kappa shape index (κ1) is 26.8. The van der Waals surface area contributed by atoms with Gasteiger partial charge in [-0.25, -0.2) is 0 Å². The van der Waals surface area contributed by atoms with E-state index in [9.17, 15) is 19.2 Å². The van der Waals surface area contributed by atoms with Crippen LogP contribution in [-0.4, -0.2) is 55.4 Å². The van der Waals surface area contributed by atoms with E-state index in [1.165, 1.54) is 27.9 Å². The molecule has 0 amide bonds. The minimum Gasteiger partial charge on any atom is -0.514 e. The Bertz CT molecular complexity index is 565. The van der Waals surface area contributed by atoms with Gasteiger partial charge in [-0.3, -0.25) is 19.2 Å². The van der Waals surface area contributed by atoms with E-state index in [0.717, 1.165) is 0 Å². The maximum absolute atomic E-state index is 12.0. The predicted octanol–water partition coefficient (Wildman–Crippen LogP) is 1.32. The van der Waals surface area contributed by atoms with Gasteiger partial charge in [-0.05, 0) is 6.42 Å². The summed E-state index contributed by atoms with van der Waals surface area (Å²) in [7, 11) is 1.20. The molecule has 0 aliphatic carbocycles. The molecule has 0 aromatic carbocycles. The van der Waals surface area contributed by atoms with Crippen molar-refractivity contribution in [3.8, 4) is 0 Å². The van der Waals surface area contributed by atoms with E-state index in [1.54, 1.807) is 13.8 Å². The third-order valence-corrected chi connectivity index (χ3v) is 4.21. The SMILES string of the molecule is CC[C@@H](OC(C)=O)[C@@H](OC(C)=O)C1O[C-](C(=O)OC)C[C@H](OC(C)=O)[C@H]1C.[Y]. The van der Waals surface area contributed by atoms with Crippen LogP contribution in [0.2, 0.25) is 0 Å². The average molecular weight is 476 g/mol. The van der Waals surface area contributed by atoms with Crippen molar-refractivity contribution in [1.29, 1.82) is 0 Å². The number of carbonyl (C=O) groups is 4. The van der Waals surface area contributed by atoms with Crippen LogP contribution in [0.15, 0.2) is 0 Å². The van der Waals surface area contributed by atoms with Gasteiger partial charge in [-0.1, -0.05) is 20.3 Å². The summed E-state index contributed by atoms with van der Waals surface area (Å²) in [5.41, 5.74) is 0. The first-order valence-corrected chi connectivity index (χ1v) is 8.73. The van der Waals surface area contributed by atoms with Gasteiger partial charge >= 0.3 is 17.9 Å². The summed E-state index contributed by atoms with van der Waals surface area (Å²) in [6.45, 7) is 7.21. The summed E-state index contributed by atoms with van der Waals surface area (Å²) in [6, 6.07) is 0. The van der Waals surface area contributed by atoms with Gasteiger partial charge in [-0.15, -0.1) is 0 Å². The van der Waals surface area contributed by atoms with Crippen LogP contribution in [0.1, 0.15) is 47.5 Å². The summed E-state index contributed by atoms with van der Waals surface area (Å²) < 4.78 is 26.4. The van der Waals surface area contributed by atoms with Gasteiger partial charge in [-0.2, -0.15) is 6.10 Å². The Labute approximate surface area is 190 Å². The van der Waals surface area contributed by atoms with Crippen LogP contribution in [0.5, 0.6) is 0 Å². The molecule has 1 radical (unpaired) electrons. The monoisotopic (exact) mass is 476 g/mol. The van der Waals surface area contributed by atoms with Crippen LogP contribution >= 0.6 is 0 Å². The van der Waals surface area contributed by atoms with E-state index in [1.807, 2.05) is 0 Å². The molecular formula is C18H27O9Y-. The number of esters is 4. The summed E-state index contributed by atoms with van der Waals surface area (Å²) in [6.07, 6.45) is -3.05. The van der Waals surface area contributed by atoms with E-state index in [0.29, 0.717) is 6.42 Å². The Morgan fingerprint density at radius 2 is 1.64 bits per heavy atom. The molecule has 1 fully saturated rings. The second-order valence-corrected chi connectivity index (χ2v) is 6.34. The van der Waals surface area contributed by atoms with Crippen molar-refractivity contribution in [2.75, 3.05) is 7.11 Å². The molecule has 9 nitrogen and oxygen atoms in total. The number of hydrogen-bond donors (Lipinski definition) is 0. The molecular weight excluding hydrogens is 449 g/mol. The summed E-state index contributed by atoms with van der Waals surface area (Å²) in [5, 5.41) is 0. The molecule has 28 heavy (non-hydrogen) atoms. The number of rotatable bonds is 7. The first-order chi connectivity index (χ1) is 12.6. The molecule has 0 spiro atoms. The normalized spacial score (nSPS) is 23.5. The number of ether oxygens (including phenoxy) is 5. The molecule has 0 aromatic rings. The quantitative estimate of drug-likeness (QED) is 0.305. The third kappa shape index (κ3) is 7.68. The van der Waals surface area contributed by atoms with Crippen molar-refractivity contribution in [3.05, 3.63) is 6.10 Å². The molecule has 1 aliphatic rings. The number of hydrogen-bond acceptors (Lipinski definition) is 9. The standard InChI is InChI=1S/C18H27O9.Y/c1-7-13(24-10(3)19)17(26-12(5)21)16-9(2)14(25-11(4)20)8-15(27-16)18(22)23-6;/h9,13-14,16-17H,7-8H2,1-6H3;/q-1;/t9-,13-,14+,16?,17-;/m1./s1. The Hall–Kier alpha value is -1.19. The summed E-state index contributed by atoms with van der Waals surface area (Å²) >= 11 is 0. The second-order valence-electron chi connectivity index (χ2n) is 6.34. The van der Waals surface area contributed by atoms with E-state index in [4.69, 9.17) is 23.7 Å². The Morgan fingerprint density at radius 1 is 1.07 bits per heavy atom. The molecule has 1 rings (SSSR count). The van der Waals surface area contributed by atoms with Crippen LogP contribution in [0.3, 0.4) is 0 Å². The molecule has 0 saturated carbocycles. The topological polar surface area (TPSA) is 114 Å². The number of methoxy groups -OCH3 is 1. The predicted molar refractivity (Wildman–Crippen MR) is 90.9 cm³/mol. The zero-order valence-electron chi connectivity index (χ0n) is 17.1. The van der Waals surface area contributed by atoms with Gasteiger partial charge in [0.2, 0.25) is 0 Å². The Kier molecular flexibility index (Phi) is 11.9. The third-order valence-electron chi connectivity index (χ3n) is 4.21. The van der Waals surface area contributed by atoms with E-state index in [2.05, 4.69) is 0 Å².